The Morgan fingerprint density at radius 2 is 1.17 bits per heavy atom. The molecule has 2 aromatic carbocycles. The van der Waals surface area contributed by atoms with Gasteiger partial charge in [-0.3, -0.25) is 0 Å². The van der Waals surface area contributed by atoms with E-state index in [9.17, 15) is 0 Å². The largest absolute Gasteiger partial charge is 0.401 e. The van der Waals surface area contributed by atoms with E-state index in [0.717, 1.165) is 0 Å². The monoisotopic (exact) mass is 327 g/mol. The Balaban J connectivity index is 2.75. The SMILES string of the molecule is CC(C)(CN)O[Si](c1ccccc1)(c1ccccc1)C(C)(C)C. The Morgan fingerprint density at radius 3 is 1.48 bits per heavy atom. The van der Waals surface area contributed by atoms with Gasteiger partial charge in [-0.05, 0) is 29.3 Å². The lowest BCUT2D eigenvalue weighted by Gasteiger charge is -2.47. The van der Waals surface area contributed by atoms with Gasteiger partial charge in [0.1, 0.15) is 0 Å². The normalized spacial score (nSPS) is 13.1. The summed E-state index contributed by atoms with van der Waals surface area (Å²) in [7, 11) is -2.49. The van der Waals surface area contributed by atoms with E-state index in [1.54, 1.807) is 0 Å². The fraction of sp³-hybridized carbons (Fsp3) is 0.400. The maximum absolute atomic E-state index is 6.93. The number of hydrogen-bond acceptors (Lipinski definition) is 2. The van der Waals surface area contributed by atoms with Crippen molar-refractivity contribution in [3.8, 4) is 0 Å². The van der Waals surface area contributed by atoms with Crippen molar-refractivity contribution in [3.05, 3.63) is 60.7 Å². The van der Waals surface area contributed by atoms with Crippen LogP contribution in [-0.4, -0.2) is 20.5 Å². The molecule has 0 spiro atoms. The highest BCUT2D eigenvalue weighted by Crippen LogP contribution is 2.38. The average Bonchev–Trinajstić information content (AvgIpc) is 2.53. The minimum absolute atomic E-state index is 0.0118. The summed E-state index contributed by atoms with van der Waals surface area (Å²) in [6, 6.07) is 21.3. The lowest BCUT2D eigenvalue weighted by molar-refractivity contribution is 0.106. The highest BCUT2D eigenvalue weighted by Gasteiger charge is 2.52. The van der Waals surface area contributed by atoms with Gasteiger partial charge in [-0.2, -0.15) is 0 Å². The predicted octanol–water partition coefficient (Wildman–Crippen LogP) is 3.30. The topological polar surface area (TPSA) is 35.2 Å². The first kappa shape index (κ1) is 17.9. The van der Waals surface area contributed by atoms with Gasteiger partial charge < -0.3 is 10.2 Å². The number of hydrogen-bond donors (Lipinski definition) is 1. The quantitative estimate of drug-likeness (QED) is 0.855. The third kappa shape index (κ3) is 3.57. The molecular weight excluding hydrogens is 298 g/mol. The molecule has 2 nitrogen and oxygen atoms in total. The van der Waals surface area contributed by atoms with Crippen molar-refractivity contribution in [2.45, 2.75) is 45.3 Å². The first-order valence-corrected chi connectivity index (χ1v) is 10.1. The Bertz CT molecular complexity index is 578. The van der Waals surface area contributed by atoms with E-state index >= 15 is 0 Å². The molecule has 2 aromatic rings. The zero-order valence-electron chi connectivity index (χ0n) is 15.0. The second kappa shape index (κ2) is 6.60. The predicted molar refractivity (Wildman–Crippen MR) is 102 cm³/mol. The van der Waals surface area contributed by atoms with Crippen LogP contribution in [0, 0.1) is 0 Å². The molecule has 0 atom stereocenters. The van der Waals surface area contributed by atoms with Gasteiger partial charge in [0.2, 0.25) is 0 Å². The Labute approximate surface area is 141 Å². The summed E-state index contributed by atoms with van der Waals surface area (Å²) in [6.45, 7) is 11.5. The molecule has 3 heteroatoms. The van der Waals surface area contributed by atoms with Crippen molar-refractivity contribution < 1.29 is 4.43 Å². The summed E-state index contributed by atoms with van der Waals surface area (Å²) < 4.78 is 6.93. The van der Waals surface area contributed by atoms with E-state index < -0.39 is 8.32 Å². The van der Waals surface area contributed by atoms with Crippen LogP contribution >= 0.6 is 0 Å². The summed E-state index contributed by atoms with van der Waals surface area (Å²) in [6.07, 6.45) is 0. The van der Waals surface area contributed by atoms with Crippen molar-refractivity contribution in [2.24, 2.45) is 5.73 Å². The maximum Gasteiger partial charge on any atom is 0.261 e. The van der Waals surface area contributed by atoms with Gasteiger partial charge in [-0.15, -0.1) is 0 Å². The molecule has 0 saturated carbocycles. The molecule has 0 bridgehead atoms. The van der Waals surface area contributed by atoms with Gasteiger partial charge in [0.05, 0.1) is 5.60 Å². The first-order chi connectivity index (χ1) is 10.7. The highest BCUT2D eigenvalue weighted by molar-refractivity contribution is 6.99. The Kier molecular flexibility index (Phi) is 5.14. The zero-order valence-corrected chi connectivity index (χ0v) is 16.0. The summed E-state index contributed by atoms with van der Waals surface area (Å²) in [5, 5.41) is 2.57. The van der Waals surface area contributed by atoms with E-state index in [0.29, 0.717) is 6.54 Å². The van der Waals surface area contributed by atoms with E-state index in [-0.39, 0.29) is 10.6 Å². The van der Waals surface area contributed by atoms with Crippen molar-refractivity contribution in [1.82, 2.24) is 0 Å². The second-order valence-corrected chi connectivity index (χ2v) is 12.0. The fourth-order valence-corrected chi connectivity index (χ4v) is 7.95. The van der Waals surface area contributed by atoms with Crippen molar-refractivity contribution in [3.63, 3.8) is 0 Å². The number of benzene rings is 2. The summed E-state index contributed by atoms with van der Waals surface area (Å²) in [5.41, 5.74) is 5.64. The molecular formula is C20H29NOSi. The van der Waals surface area contributed by atoms with Crippen LogP contribution in [0.25, 0.3) is 0 Å². The molecule has 0 aliphatic heterocycles. The van der Waals surface area contributed by atoms with Crippen molar-refractivity contribution in [2.75, 3.05) is 6.54 Å². The van der Waals surface area contributed by atoms with Crippen LogP contribution in [0.4, 0.5) is 0 Å². The molecule has 0 radical (unpaired) electrons. The third-order valence-corrected chi connectivity index (χ3v) is 9.60. The van der Waals surface area contributed by atoms with Crippen LogP contribution in [-0.2, 0) is 4.43 Å². The summed E-state index contributed by atoms with van der Waals surface area (Å²) in [5.74, 6) is 0. The fourth-order valence-electron chi connectivity index (χ4n) is 3.11. The first-order valence-electron chi connectivity index (χ1n) is 8.24. The molecule has 0 saturated heterocycles. The molecule has 0 aliphatic rings. The molecule has 0 aromatic heterocycles. The molecule has 124 valence electrons. The average molecular weight is 328 g/mol. The van der Waals surface area contributed by atoms with E-state index in [4.69, 9.17) is 10.2 Å². The van der Waals surface area contributed by atoms with Crippen LogP contribution in [0.15, 0.2) is 60.7 Å². The molecule has 0 fully saturated rings. The molecule has 0 aliphatic carbocycles. The molecule has 2 rings (SSSR count). The van der Waals surface area contributed by atoms with Crippen LogP contribution in [0.3, 0.4) is 0 Å². The smallest absolute Gasteiger partial charge is 0.261 e. The lowest BCUT2D eigenvalue weighted by Crippen LogP contribution is -2.69. The van der Waals surface area contributed by atoms with E-state index in [1.165, 1.54) is 10.4 Å². The lowest BCUT2D eigenvalue weighted by atomic mass is 10.1. The van der Waals surface area contributed by atoms with Gasteiger partial charge in [0.15, 0.2) is 0 Å². The Morgan fingerprint density at radius 1 is 0.783 bits per heavy atom. The van der Waals surface area contributed by atoms with Gasteiger partial charge in [0, 0.05) is 6.54 Å². The highest BCUT2D eigenvalue weighted by atomic mass is 28.4. The Hall–Kier alpha value is -1.42. The molecule has 0 amide bonds. The third-order valence-electron chi connectivity index (χ3n) is 4.34. The molecule has 0 unspecified atom stereocenters. The number of rotatable bonds is 5. The molecule has 2 N–H and O–H groups in total. The van der Waals surface area contributed by atoms with Crippen molar-refractivity contribution >= 4 is 18.7 Å². The zero-order chi connectivity index (χ0) is 17.1. The van der Waals surface area contributed by atoms with Gasteiger partial charge in [-0.25, -0.2) is 0 Å². The minimum atomic E-state index is -2.49. The molecule has 23 heavy (non-hydrogen) atoms. The minimum Gasteiger partial charge on any atom is -0.401 e. The molecule has 0 heterocycles. The van der Waals surface area contributed by atoms with Crippen LogP contribution in [0.1, 0.15) is 34.6 Å². The van der Waals surface area contributed by atoms with Gasteiger partial charge >= 0.3 is 0 Å². The van der Waals surface area contributed by atoms with Gasteiger partial charge in [0.25, 0.3) is 8.32 Å². The van der Waals surface area contributed by atoms with Gasteiger partial charge in [-0.1, -0.05) is 81.4 Å². The maximum atomic E-state index is 6.93. The van der Waals surface area contributed by atoms with Crippen LogP contribution < -0.4 is 16.1 Å². The summed E-state index contributed by atoms with van der Waals surface area (Å²) >= 11 is 0. The van der Waals surface area contributed by atoms with E-state index in [1.807, 2.05) is 0 Å². The van der Waals surface area contributed by atoms with E-state index in [2.05, 4.69) is 95.3 Å². The van der Waals surface area contributed by atoms with Crippen LogP contribution in [0.5, 0.6) is 0 Å². The number of nitrogens with two attached hydrogens (primary N) is 1. The second-order valence-electron chi connectivity index (χ2n) is 7.73. The standard InChI is InChI=1S/C20H29NOSi/c1-19(2,3)23(22-20(4,5)16-21,17-12-8-6-9-13-17)18-14-10-7-11-15-18/h6-15H,16,21H2,1-5H3. The van der Waals surface area contributed by atoms with Crippen molar-refractivity contribution in [1.29, 1.82) is 0 Å². The summed E-state index contributed by atoms with van der Waals surface area (Å²) in [4.78, 5) is 0. The van der Waals surface area contributed by atoms with Crippen LogP contribution in [0.2, 0.25) is 5.04 Å².